The molecular formula is C20H20N4O4. The lowest BCUT2D eigenvalue weighted by Crippen LogP contribution is -2.10. The van der Waals surface area contributed by atoms with Crippen molar-refractivity contribution in [2.75, 3.05) is 26.8 Å². The van der Waals surface area contributed by atoms with Crippen molar-refractivity contribution in [3.63, 3.8) is 0 Å². The van der Waals surface area contributed by atoms with Gasteiger partial charge in [0.1, 0.15) is 5.75 Å². The number of aromatic nitrogens is 2. The van der Waals surface area contributed by atoms with Gasteiger partial charge < -0.3 is 14.2 Å². The van der Waals surface area contributed by atoms with Gasteiger partial charge >= 0.3 is 0 Å². The lowest BCUT2D eigenvalue weighted by atomic mass is 10.1. The topological polar surface area (TPSA) is 97.8 Å². The second-order valence-electron chi connectivity index (χ2n) is 5.66. The third kappa shape index (κ3) is 4.29. The van der Waals surface area contributed by atoms with E-state index in [-0.39, 0.29) is 11.5 Å². The van der Waals surface area contributed by atoms with E-state index in [1.54, 1.807) is 33.5 Å². The first-order chi connectivity index (χ1) is 13.6. The number of rotatable bonds is 7. The molecule has 1 aromatic heterocycles. The van der Waals surface area contributed by atoms with Crippen LogP contribution < -0.4 is 25.2 Å². The normalized spacial score (nSPS) is 10.7. The Labute approximate surface area is 161 Å². The number of H-pyrrole nitrogens is 1. The van der Waals surface area contributed by atoms with Gasteiger partial charge in [0.05, 0.1) is 33.2 Å². The van der Waals surface area contributed by atoms with Crippen molar-refractivity contribution in [3.05, 3.63) is 64.4 Å². The van der Waals surface area contributed by atoms with Gasteiger partial charge in [0.15, 0.2) is 11.5 Å². The molecule has 144 valence electrons. The Morgan fingerprint density at radius 3 is 2.32 bits per heavy atom. The number of benzene rings is 2. The molecule has 0 saturated carbocycles. The van der Waals surface area contributed by atoms with Crippen LogP contribution in [0.5, 0.6) is 17.2 Å². The second-order valence-corrected chi connectivity index (χ2v) is 5.66. The molecule has 2 aromatic carbocycles. The highest BCUT2D eigenvalue weighted by atomic mass is 16.5. The first-order valence-corrected chi connectivity index (χ1v) is 8.40. The maximum atomic E-state index is 11.9. The van der Waals surface area contributed by atoms with Gasteiger partial charge in [-0.3, -0.25) is 9.78 Å². The predicted molar refractivity (Wildman–Crippen MR) is 108 cm³/mol. The van der Waals surface area contributed by atoms with Crippen LogP contribution in [0.15, 0.2) is 58.4 Å². The molecule has 0 bridgehead atoms. The maximum absolute atomic E-state index is 11.9. The molecule has 8 heteroatoms. The molecule has 0 aliphatic rings. The molecule has 0 aliphatic carbocycles. The monoisotopic (exact) mass is 380 g/mol. The van der Waals surface area contributed by atoms with Crippen LogP contribution in [0, 0.1) is 0 Å². The molecule has 0 atom stereocenters. The van der Waals surface area contributed by atoms with Crippen LogP contribution in [0.4, 0.5) is 5.95 Å². The molecule has 0 aliphatic heterocycles. The zero-order valence-corrected chi connectivity index (χ0v) is 15.7. The Balaban J connectivity index is 1.85. The second kappa shape index (κ2) is 8.72. The Bertz CT molecular complexity index is 1030. The Morgan fingerprint density at radius 1 is 0.964 bits per heavy atom. The largest absolute Gasteiger partial charge is 0.496 e. The fraction of sp³-hybridized carbons (Fsp3) is 0.150. The van der Waals surface area contributed by atoms with Crippen molar-refractivity contribution in [3.8, 4) is 28.5 Å². The molecule has 2 N–H and O–H groups in total. The number of hydrazone groups is 1. The van der Waals surface area contributed by atoms with Gasteiger partial charge in [-0.15, -0.1) is 0 Å². The number of nitrogens with one attached hydrogen (secondary N) is 2. The van der Waals surface area contributed by atoms with E-state index in [0.717, 1.165) is 5.56 Å². The average molecular weight is 380 g/mol. The molecule has 28 heavy (non-hydrogen) atoms. The van der Waals surface area contributed by atoms with Crippen LogP contribution in [0.1, 0.15) is 5.56 Å². The van der Waals surface area contributed by atoms with Gasteiger partial charge in [0.25, 0.3) is 5.56 Å². The number of nitrogens with zero attached hydrogens (tertiary/aromatic N) is 2. The number of ether oxygens (including phenoxy) is 3. The van der Waals surface area contributed by atoms with Crippen molar-refractivity contribution >= 4 is 12.2 Å². The molecule has 8 nitrogen and oxygen atoms in total. The highest BCUT2D eigenvalue weighted by Gasteiger charge is 2.10. The quantitative estimate of drug-likeness (QED) is 0.483. The molecule has 0 radical (unpaired) electrons. The van der Waals surface area contributed by atoms with E-state index in [1.165, 1.54) is 12.3 Å². The Hall–Kier alpha value is -3.81. The van der Waals surface area contributed by atoms with Gasteiger partial charge in [-0.05, 0) is 6.07 Å². The summed E-state index contributed by atoms with van der Waals surface area (Å²) in [6.45, 7) is 0. The third-order valence-electron chi connectivity index (χ3n) is 3.92. The summed E-state index contributed by atoms with van der Waals surface area (Å²) in [6.07, 6.45) is 1.54. The summed E-state index contributed by atoms with van der Waals surface area (Å²) in [6, 6.07) is 14.3. The van der Waals surface area contributed by atoms with Crippen molar-refractivity contribution < 1.29 is 14.2 Å². The van der Waals surface area contributed by atoms with Gasteiger partial charge in [-0.1, -0.05) is 30.3 Å². The van der Waals surface area contributed by atoms with E-state index in [2.05, 4.69) is 20.5 Å². The highest BCUT2D eigenvalue weighted by molar-refractivity contribution is 5.85. The molecule has 0 fully saturated rings. The fourth-order valence-electron chi connectivity index (χ4n) is 2.58. The molecule has 3 aromatic rings. The van der Waals surface area contributed by atoms with Crippen molar-refractivity contribution in [1.29, 1.82) is 0 Å². The smallest absolute Gasteiger partial charge is 0.252 e. The number of methoxy groups -OCH3 is 3. The molecule has 0 spiro atoms. The zero-order chi connectivity index (χ0) is 19.9. The van der Waals surface area contributed by atoms with E-state index in [4.69, 9.17) is 14.2 Å². The third-order valence-corrected chi connectivity index (χ3v) is 3.92. The standard InChI is InChI=1S/C20H20N4O4/c1-26-16-11-18(28-3)17(27-2)9-14(16)12-21-24-20-22-15(10-19(25)23-20)13-7-5-4-6-8-13/h4-12H,1-3H3,(H2,22,23,24,25)/b21-12+. The summed E-state index contributed by atoms with van der Waals surface area (Å²) in [4.78, 5) is 18.9. The lowest BCUT2D eigenvalue weighted by molar-refractivity contribution is 0.349. The summed E-state index contributed by atoms with van der Waals surface area (Å²) in [5.41, 5.74) is 4.50. The first-order valence-electron chi connectivity index (χ1n) is 8.40. The van der Waals surface area contributed by atoms with Gasteiger partial charge in [0, 0.05) is 23.3 Å². The lowest BCUT2D eigenvalue weighted by Gasteiger charge is -2.11. The van der Waals surface area contributed by atoms with Crippen molar-refractivity contribution in [2.45, 2.75) is 0 Å². The molecule has 3 rings (SSSR count). The Morgan fingerprint density at radius 2 is 1.64 bits per heavy atom. The number of aromatic amines is 1. The maximum Gasteiger partial charge on any atom is 0.252 e. The molecular weight excluding hydrogens is 360 g/mol. The minimum Gasteiger partial charge on any atom is -0.496 e. The van der Waals surface area contributed by atoms with E-state index < -0.39 is 0 Å². The van der Waals surface area contributed by atoms with E-state index >= 15 is 0 Å². The first kappa shape index (κ1) is 19.0. The summed E-state index contributed by atoms with van der Waals surface area (Å²) >= 11 is 0. The predicted octanol–water partition coefficient (Wildman–Crippen LogP) is 2.91. The van der Waals surface area contributed by atoms with E-state index in [9.17, 15) is 4.79 Å². The fourth-order valence-corrected chi connectivity index (χ4v) is 2.58. The van der Waals surface area contributed by atoms with Crippen LogP contribution in [0.3, 0.4) is 0 Å². The highest BCUT2D eigenvalue weighted by Crippen LogP contribution is 2.33. The summed E-state index contributed by atoms with van der Waals surface area (Å²) in [5, 5.41) is 4.14. The van der Waals surface area contributed by atoms with Gasteiger partial charge in [-0.2, -0.15) is 5.10 Å². The van der Waals surface area contributed by atoms with Crippen LogP contribution in [0.2, 0.25) is 0 Å². The van der Waals surface area contributed by atoms with Gasteiger partial charge in [-0.25, -0.2) is 10.4 Å². The van der Waals surface area contributed by atoms with E-state index in [0.29, 0.717) is 28.5 Å². The number of hydrogen-bond donors (Lipinski definition) is 2. The van der Waals surface area contributed by atoms with Gasteiger partial charge in [0.2, 0.25) is 5.95 Å². The zero-order valence-electron chi connectivity index (χ0n) is 15.7. The average Bonchev–Trinajstić information content (AvgIpc) is 2.73. The minimum absolute atomic E-state index is 0.224. The van der Waals surface area contributed by atoms with Crippen LogP contribution >= 0.6 is 0 Å². The Kier molecular flexibility index (Phi) is 5.91. The summed E-state index contributed by atoms with van der Waals surface area (Å²) in [7, 11) is 4.65. The molecule has 0 amide bonds. The van der Waals surface area contributed by atoms with Crippen LogP contribution in [-0.2, 0) is 0 Å². The van der Waals surface area contributed by atoms with Crippen LogP contribution in [0.25, 0.3) is 11.3 Å². The van der Waals surface area contributed by atoms with Crippen molar-refractivity contribution in [1.82, 2.24) is 9.97 Å². The molecule has 0 saturated heterocycles. The minimum atomic E-state index is -0.282. The van der Waals surface area contributed by atoms with Crippen LogP contribution in [-0.4, -0.2) is 37.5 Å². The summed E-state index contributed by atoms with van der Waals surface area (Å²) < 4.78 is 15.9. The molecule has 1 heterocycles. The van der Waals surface area contributed by atoms with E-state index in [1.807, 2.05) is 30.3 Å². The van der Waals surface area contributed by atoms with Crippen molar-refractivity contribution in [2.24, 2.45) is 5.10 Å². The number of anilines is 1. The summed E-state index contributed by atoms with van der Waals surface area (Å²) in [5.74, 6) is 1.87. The SMILES string of the molecule is COc1cc(OC)c(OC)cc1/C=N/Nc1nc(-c2ccccc2)cc(=O)[nH]1. The molecule has 0 unspecified atom stereocenters. The number of hydrogen-bond acceptors (Lipinski definition) is 7.